The van der Waals surface area contributed by atoms with E-state index in [1.54, 1.807) is 50.8 Å². The van der Waals surface area contributed by atoms with E-state index >= 15 is 0 Å². The molecule has 0 radical (unpaired) electrons. The van der Waals surface area contributed by atoms with Crippen LogP contribution in [-0.4, -0.2) is 55.6 Å². The molecule has 9 nitrogen and oxygen atoms in total. The average Bonchev–Trinajstić information content (AvgIpc) is 3.12. The average molecular weight is 376 g/mol. The molecule has 2 N–H and O–H groups in total. The van der Waals surface area contributed by atoms with Gasteiger partial charge in [-0.15, -0.1) is 0 Å². The van der Waals surface area contributed by atoms with E-state index in [9.17, 15) is 14.7 Å². The van der Waals surface area contributed by atoms with Crippen molar-refractivity contribution < 1.29 is 14.7 Å². The van der Waals surface area contributed by atoms with Crippen LogP contribution in [0.25, 0.3) is 16.6 Å². The number of hydrogen-bond donors (Lipinski definition) is 2. The van der Waals surface area contributed by atoms with Crippen LogP contribution in [0, 0.1) is 0 Å². The monoisotopic (exact) mass is 376 g/mol. The maximum Gasteiger partial charge on any atom is 0.356 e. The Kier molecular flexibility index (Phi) is 4.11. The van der Waals surface area contributed by atoms with Crippen LogP contribution in [0.1, 0.15) is 20.8 Å². The predicted molar refractivity (Wildman–Crippen MR) is 103 cm³/mol. The molecule has 0 spiro atoms. The molecule has 0 unspecified atom stereocenters. The first kappa shape index (κ1) is 17.4. The summed E-state index contributed by atoms with van der Waals surface area (Å²) >= 11 is 0. The van der Waals surface area contributed by atoms with Crippen LogP contribution in [0.3, 0.4) is 0 Å². The lowest BCUT2D eigenvalue weighted by Gasteiger charge is -2.13. The molecule has 140 valence electrons. The number of benzene rings is 1. The number of nitrogens with one attached hydrogen (secondary N) is 1. The quantitative estimate of drug-likeness (QED) is 0.562. The number of anilines is 2. The van der Waals surface area contributed by atoms with Crippen molar-refractivity contribution in [2.24, 2.45) is 0 Å². The number of hydrogen-bond acceptors (Lipinski definition) is 6. The lowest BCUT2D eigenvalue weighted by atomic mass is 10.1. The molecular weight excluding hydrogens is 360 g/mol. The molecule has 0 aliphatic carbocycles. The summed E-state index contributed by atoms with van der Waals surface area (Å²) in [6, 6.07) is 10.2. The second kappa shape index (κ2) is 6.62. The third kappa shape index (κ3) is 2.98. The smallest absolute Gasteiger partial charge is 0.356 e. The summed E-state index contributed by atoms with van der Waals surface area (Å²) in [6.07, 6.45) is 3.22. The van der Waals surface area contributed by atoms with Crippen LogP contribution in [0.5, 0.6) is 0 Å². The first-order chi connectivity index (χ1) is 13.4. The summed E-state index contributed by atoms with van der Waals surface area (Å²) in [6.45, 7) is 0. The van der Waals surface area contributed by atoms with Crippen LogP contribution in [-0.2, 0) is 0 Å². The molecule has 4 rings (SSSR count). The van der Waals surface area contributed by atoms with Crippen molar-refractivity contribution in [3.63, 3.8) is 0 Å². The Morgan fingerprint density at radius 3 is 2.75 bits per heavy atom. The second-order valence-corrected chi connectivity index (χ2v) is 6.36. The zero-order valence-electron chi connectivity index (χ0n) is 15.1. The van der Waals surface area contributed by atoms with Crippen molar-refractivity contribution >= 4 is 39.9 Å². The highest BCUT2D eigenvalue weighted by molar-refractivity contribution is 5.96. The third-order valence-electron chi connectivity index (χ3n) is 4.20. The van der Waals surface area contributed by atoms with E-state index in [-0.39, 0.29) is 11.6 Å². The molecule has 3 heterocycles. The number of aromatic carboxylic acids is 1. The fraction of sp³-hybridized carbons (Fsp3) is 0.105. The number of amides is 1. The maximum atomic E-state index is 12.2. The Labute approximate surface area is 159 Å². The highest BCUT2D eigenvalue weighted by Crippen LogP contribution is 2.26. The summed E-state index contributed by atoms with van der Waals surface area (Å²) in [5.74, 6) is -0.730. The standard InChI is InChI=1S/C19H16N6O3/c1-24(2)18(26)11-4-3-5-12(8-11)21-17-13-6-7-20-10-15(13)25-16(22-17)9-14(23-25)19(27)28/h3-10H,1-2H3,(H,21,22)(H,27,28). The molecular formula is C19H16N6O3. The number of aromatic nitrogens is 4. The topological polar surface area (TPSA) is 113 Å². The van der Waals surface area contributed by atoms with Crippen molar-refractivity contribution in [2.45, 2.75) is 0 Å². The number of carbonyl (C=O) groups excluding carboxylic acids is 1. The first-order valence-electron chi connectivity index (χ1n) is 8.39. The van der Waals surface area contributed by atoms with Crippen molar-refractivity contribution in [3.05, 3.63) is 60.0 Å². The van der Waals surface area contributed by atoms with Gasteiger partial charge in [-0.05, 0) is 24.3 Å². The van der Waals surface area contributed by atoms with E-state index in [0.717, 1.165) is 0 Å². The molecule has 3 aromatic heterocycles. The molecule has 1 aromatic carbocycles. The van der Waals surface area contributed by atoms with E-state index in [4.69, 9.17) is 0 Å². The number of pyridine rings is 1. The number of carboxylic acids is 1. The molecule has 0 bridgehead atoms. The number of carbonyl (C=O) groups is 2. The molecule has 0 saturated heterocycles. The molecule has 0 atom stereocenters. The van der Waals surface area contributed by atoms with Gasteiger partial charge < -0.3 is 15.3 Å². The Balaban J connectivity index is 1.83. The number of nitrogens with zero attached hydrogens (tertiary/aromatic N) is 5. The van der Waals surface area contributed by atoms with Crippen molar-refractivity contribution in [1.29, 1.82) is 0 Å². The SMILES string of the molecule is CN(C)C(=O)c1cccc(Nc2nc3cc(C(=O)O)nn3c3cnccc23)c1. The van der Waals surface area contributed by atoms with E-state index < -0.39 is 5.97 Å². The zero-order valence-corrected chi connectivity index (χ0v) is 15.1. The summed E-state index contributed by atoms with van der Waals surface area (Å²) in [4.78, 5) is 33.6. The maximum absolute atomic E-state index is 12.2. The summed E-state index contributed by atoms with van der Waals surface area (Å²) in [5.41, 5.74) is 2.11. The van der Waals surface area contributed by atoms with Crippen molar-refractivity contribution in [3.8, 4) is 0 Å². The van der Waals surface area contributed by atoms with Gasteiger partial charge in [0.25, 0.3) is 5.91 Å². The highest BCUT2D eigenvalue weighted by Gasteiger charge is 2.15. The van der Waals surface area contributed by atoms with Gasteiger partial charge in [-0.25, -0.2) is 14.3 Å². The molecule has 9 heteroatoms. The Morgan fingerprint density at radius 1 is 1.18 bits per heavy atom. The van der Waals surface area contributed by atoms with Crippen molar-refractivity contribution in [2.75, 3.05) is 19.4 Å². The van der Waals surface area contributed by atoms with Gasteiger partial charge in [0.15, 0.2) is 11.3 Å². The Bertz CT molecular complexity index is 1230. The van der Waals surface area contributed by atoms with Crippen LogP contribution < -0.4 is 5.32 Å². The van der Waals surface area contributed by atoms with Crippen LogP contribution in [0.15, 0.2) is 48.8 Å². The van der Waals surface area contributed by atoms with Gasteiger partial charge in [0.1, 0.15) is 5.82 Å². The minimum atomic E-state index is -1.13. The van der Waals surface area contributed by atoms with Crippen molar-refractivity contribution in [1.82, 2.24) is 24.5 Å². The van der Waals surface area contributed by atoms with Gasteiger partial charge in [0.05, 0.1) is 11.7 Å². The molecule has 1 amide bonds. The van der Waals surface area contributed by atoms with E-state index in [1.807, 2.05) is 6.07 Å². The second-order valence-electron chi connectivity index (χ2n) is 6.36. The normalized spacial score (nSPS) is 10.9. The van der Waals surface area contributed by atoms with Gasteiger partial charge in [-0.2, -0.15) is 5.10 Å². The molecule has 0 fully saturated rings. The predicted octanol–water partition coefficient (Wildman–Crippen LogP) is 2.42. The summed E-state index contributed by atoms with van der Waals surface area (Å²) < 4.78 is 1.45. The zero-order chi connectivity index (χ0) is 19.8. The third-order valence-corrected chi connectivity index (χ3v) is 4.20. The first-order valence-corrected chi connectivity index (χ1v) is 8.39. The summed E-state index contributed by atoms with van der Waals surface area (Å²) in [7, 11) is 3.39. The minimum absolute atomic E-state index is 0.103. The lowest BCUT2D eigenvalue weighted by molar-refractivity contribution is 0.0689. The molecule has 28 heavy (non-hydrogen) atoms. The Hall–Kier alpha value is -4.01. The number of rotatable bonds is 4. The largest absolute Gasteiger partial charge is 0.476 e. The van der Waals surface area contributed by atoms with Gasteiger partial charge >= 0.3 is 5.97 Å². The van der Waals surface area contributed by atoms with E-state index in [1.165, 1.54) is 15.5 Å². The highest BCUT2D eigenvalue weighted by atomic mass is 16.4. The summed E-state index contributed by atoms with van der Waals surface area (Å²) in [5, 5.41) is 17.2. The van der Waals surface area contributed by atoms with Gasteiger partial charge in [-0.3, -0.25) is 9.78 Å². The molecule has 0 saturated carbocycles. The minimum Gasteiger partial charge on any atom is -0.476 e. The number of carboxylic acid groups (broad SMARTS) is 1. The van der Waals surface area contributed by atoms with E-state index in [0.29, 0.717) is 33.6 Å². The number of fused-ring (bicyclic) bond motifs is 3. The van der Waals surface area contributed by atoms with Crippen LogP contribution in [0.4, 0.5) is 11.5 Å². The Morgan fingerprint density at radius 2 is 2.00 bits per heavy atom. The van der Waals surface area contributed by atoms with Gasteiger partial charge in [-0.1, -0.05) is 6.07 Å². The molecule has 4 aromatic rings. The van der Waals surface area contributed by atoms with Crippen LogP contribution in [0.2, 0.25) is 0 Å². The fourth-order valence-electron chi connectivity index (χ4n) is 2.88. The molecule has 0 aliphatic heterocycles. The van der Waals surface area contributed by atoms with Gasteiger partial charge in [0.2, 0.25) is 0 Å². The van der Waals surface area contributed by atoms with E-state index in [2.05, 4.69) is 20.4 Å². The lowest BCUT2D eigenvalue weighted by Crippen LogP contribution is -2.21. The van der Waals surface area contributed by atoms with Gasteiger partial charge in [0, 0.05) is 43.0 Å². The fourth-order valence-corrected chi connectivity index (χ4v) is 2.88. The molecule has 0 aliphatic rings. The van der Waals surface area contributed by atoms with Crippen LogP contribution >= 0.6 is 0 Å².